The summed E-state index contributed by atoms with van der Waals surface area (Å²) in [5.74, 6) is 1.08. The summed E-state index contributed by atoms with van der Waals surface area (Å²) in [4.78, 5) is 5.79. The van der Waals surface area contributed by atoms with Gasteiger partial charge in [0.2, 0.25) is 0 Å². The van der Waals surface area contributed by atoms with Gasteiger partial charge in [-0.15, -0.1) is 11.8 Å². The number of benzene rings is 3. The van der Waals surface area contributed by atoms with Crippen LogP contribution in [0.4, 0.5) is 17.1 Å². The highest BCUT2D eigenvalue weighted by molar-refractivity contribution is 7.99. The van der Waals surface area contributed by atoms with Crippen molar-refractivity contribution in [3.63, 3.8) is 0 Å². The molecule has 0 aliphatic heterocycles. The van der Waals surface area contributed by atoms with Gasteiger partial charge in [0.1, 0.15) is 0 Å². The van der Waals surface area contributed by atoms with Gasteiger partial charge >= 0.3 is 0 Å². The first-order valence-electron chi connectivity index (χ1n) is 8.17. The van der Waals surface area contributed by atoms with Gasteiger partial charge in [-0.25, -0.2) is 0 Å². The van der Waals surface area contributed by atoms with Crippen LogP contribution in [0.15, 0.2) is 99.0 Å². The van der Waals surface area contributed by atoms with Gasteiger partial charge in [-0.2, -0.15) is 10.2 Å². The number of hydrogen-bond donors (Lipinski definition) is 0. The largest absolute Gasteiger partial charge is 0.256 e. The third-order valence-corrected chi connectivity index (χ3v) is 4.33. The molecule has 0 unspecified atom stereocenters. The molecule has 124 valence electrons. The van der Waals surface area contributed by atoms with Gasteiger partial charge in [-0.05, 0) is 59.8 Å². The minimum absolute atomic E-state index is 0.809. The molecule has 3 rings (SSSR count). The minimum Gasteiger partial charge on any atom is -0.256 e. The maximum absolute atomic E-state index is 4.51. The second-order valence-electron chi connectivity index (χ2n) is 5.31. The molecule has 3 aromatic carbocycles. The summed E-state index contributed by atoms with van der Waals surface area (Å²) in [7, 11) is 0. The summed E-state index contributed by atoms with van der Waals surface area (Å²) in [6, 6.07) is 25.8. The highest BCUT2D eigenvalue weighted by atomic mass is 32.2. The SMILES string of the molecule is CCSc1ccc(C=Nc2ccc(N=Nc3ccccc3)cc2)cc1. The van der Waals surface area contributed by atoms with Crippen LogP contribution in [0.1, 0.15) is 12.5 Å². The smallest absolute Gasteiger partial charge is 0.0858 e. The van der Waals surface area contributed by atoms with Crippen LogP contribution < -0.4 is 0 Å². The van der Waals surface area contributed by atoms with E-state index < -0.39 is 0 Å². The summed E-state index contributed by atoms with van der Waals surface area (Å²) in [6.07, 6.45) is 1.88. The normalized spacial score (nSPS) is 11.4. The van der Waals surface area contributed by atoms with Crippen molar-refractivity contribution in [2.75, 3.05) is 5.75 Å². The molecule has 0 bridgehead atoms. The molecule has 0 aromatic heterocycles. The maximum atomic E-state index is 4.51. The number of hydrogen-bond acceptors (Lipinski definition) is 4. The number of thioether (sulfide) groups is 1. The van der Waals surface area contributed by atoms with Crippen LogP contribution in [-0.4, -0.2) is 12.0 Å². The lowest BCUT2D eigenvalue weighted by molar-refractivity contribution is 1.23. The van der Waals surface area contributed by atoms with Crippen LogP contribution in [0.25, 0.3) is 0 Å². The summed E-state index contributed by atoms with van der Waals surface area (Å²) in [5.41, 5.74) is 3.64. The molecular weight excluding hydrogens is 326 g/mol. The molecule has 0 saturated heterocycles. The number of aliphatic imine (C=N–C) groups is 1. The Kier molecular flexibility index (Phi) is 6.12. The van der Waals surface area contributed by atoms with Crippen molar-refractivity contribution >= 4 is 35.0 Å². The lowest BCUT2D eigenvalue weighted by Crippen LogP contribution is -1.80. The van der Waals surface area contributed by atoms with E-state index in [9.17, 15) is 0 Å². The summed E-state index contributed by atoms with van der Waals surface area (Å²) in [6.45, 7) is 2.16. The molecule has 0 amide bonds. The van der Waals surface area contributed by atoms with Crippen LogP contribution in [-0.2, 0) is 0 Å². The van der Waals surface area contributed by atoms with Gasteiger partial charge in [0.15, 0.2) is 0 Å². The topological polar surface area (TPSA) is 37.1 Å². The van der Waals surface area contributed by atoms with Crippen LogP contribution in [0.2, 0.25) is 0 Å². The first-order chi connectivity index (χ1) is 12.3. The average molecular weight is 345 g/mol. The zero-order valence-electron chi connectivity index (χ0n) is 14.0. The van der Waals surface area contributed by atoms with Crippen LogP contribution >= 0.6 is 11.8 Å². The zero-order valence-corrected chi connectivity index (χ0v) is 14.9. The van der Waals surface area contributed by atoms with E-state index >= 15 is 0 Å². The van der Waals surface area contributed by atoms with Gasteiger partial charge in [-0.1, -0.05) is 37.3 Å². The second-order valence-corrected chi connectivity index (χ2v) is 6.65. The van der Waals surface area contributed by atoms with Gasteiger partial charge in [0, 0.05) is 11.1 Å². The van der Waals surface area contributed by atoms with E-state index in [1.165, 1.54) is 4.90 Å². The van der Waals surface area contributed by atoms with Crippen molar-refractivity contribution in [3.8, 4) is 0 Å². The predicted molar refractivity (Wildman–Crippen MR) is 107 cm³/mol. The fourth-order valence-corrected chi connectivity index (χ4v) is 2.84. The van der Waals surface area contributed by atoms with E-state index in [1.54, 1.807) is 0 Å². The molecule has 3 nitrogen and oxygen atoms in total. The molecule has 0 N–H and O–H groups in total. The Balaban J connectivity index is 1.63. The van der Waals surface area contributed by atoms with E-state index in [0.717, 1.165) is 28.4 Å². The van der Waals surface area contributed by atoms with E-state index in [2.05, 4.69) is 46.4 Å². The second kappa shape index (κ2) is 8.94. The molecule has 0 spiro atoms. The number of nitrogens with zero attached hydrogens (tertiary/aromatic N) is 3. The highest BCUT2D eigenvalue weighted by Crippen LogP contribution is 2.22. The van der Waals surface area contributed by atoms with Crippen molar-refractivity contribution < 1.29 is 0 Å². The quantitative estimate of drug-likeness (QED) is 0.270. The van der Waals surface area contributed by atoms with Crippen molar-refractivity contribution in [3.05, 3.63) is 84.4 Å². The standard InChI is InChI=1S/C21H19N3S/c1-2-25-21-14-8-17(9-15-21)16-22-18-10-12-20(13-11-18)24-23-19-6-4-3-5-7-19/h3-16H,2H2,1H3. The lowest BCUT2D eigenvalue weighted by Gasteiger charge is -1.99. The predicted octanol–water partition coefficient (Wildman–Crippen LogP) is 6.96. The molecule has 0 aliphatic rings. The van der Waals surface area contributed by atoms with Gasteiger partial charge < -0.3 is 0 Å². The molecule has 0 saturated carbocycles. The monoisotopic (exact) mass is 345 g/mol. The Morgan fingerprint density at radius 2 is 1.32 bits per heavy atom. The molecule has 0 radical (unpaired) electrons. The molecular formula is C21H19N3S. The van der Waals surface area contributed by atoms with E-state index in [0.29, 0.717) is 0 Å². The number of rotatable bonds is 6. The Morgan fingerprint density at radius 3 is 1.96 bits per heavy atom. The Labute approximate surface area is 152 Å². The molecule has 0 heterocycles. The fourth-order valence-electron chi connectivity index (χ4n) is 2.18. The van der Waals surface area contributed by atoms with Gasteiger partial charge in [0.25, 0.3) is 0 Å². The zero-order chi connectivity index (χ0) is 17.3. The Hall–Kier alpha value is -2.72. The first kappa shape index (κ1) is 17.1. The van der Waals surface area contributed by atoms with Crippen LogP contribution in [0, 0.1) is 0 Å². The minimum atomic E-state index is 0.809. The van der Waals surface area contributed by atoms with Crippen molar-refractivity contribution in [2.45, 2.75) is 11.8 Å². The van der Waals surface area contributed by atoms with Crippen LogP contribution in [0.3, 0.4) is 0 Å². The lowest BCUT2D eigenvalue weighted by atomic mass is 10.2. The highest BCUT2D eigenvalue weighted by Gasteiger charge is 1.94. The van der Waals surface area contributed by atoms with Gasteiger partial charge in [0.05, 0.1) is 17.1 Å². The Bertz CT molecular complexity index is 839. The Morgan fingerprint density at radius 1 is 0.720 bits per heavy atom. The van der Waals surface area contributed by atoms with Gasteiger partial charge in [-0.3, -0.25) is 4.99 Å². The van der Waals surface area contributed by atoms with Crippen molar-refractivity contribution in [1.82, 2.24) is 0 Å². The molecule has 25 heavy (non-hydrogen) atoms. The summed E-state index contributed by atoms with van der Waals surface area (Å²) >= 11 is 1.84. The molecule has 4 heteroatoms. The van der Waals surface area contributed by atoms with Crippen molar-refractivity contribution in [1.29, 1.82) is 0 Å². The number of azo groups is 1. The molecule has 3 aromatic rings. The average Bonchev–Trinajstić information content (AvgIpc) is 2.68. The third kappa shape index (κ3) is 5.40. The maximum Gasteiger partial charge on any atom is 0.0858 e. The third-order valence-electron chi connectivity index (χ3n) is 3.44. The fraction of sp³-hybridized carbons (Fsp3) is 0.0952. The van der Waals surface area contributed by atoms with E-state index in [1.807, 2.05) is 72.6 Å². The van der Waals surface area contributed by atoms with E-state index in [4.69, 9.17) is 0 Å². The molecule has 0 atom stereocenters. The van der Waals surface area contributed by atoms with Crippen molar-refractivity contribution in [2.24, 2.45) is 15.2 Å². The molecule has 0 aliphatic carbocycles. The molecule has 0 fully saturated rings. The van der Waals surface area contributed by atoms with E-state index in [-0.39, 0.29) is 0 Å². The van der Waals surface area contributed by atoms with Crippen LogP contribution in [0.5, 0.6) is 0 Å². The first-order valence-corrected chi connectivity index (χ1v) is 9.16. The summed E-state index contributed by atoms with van der Waals surface area (Å²) < 4.78 is 0. The summed E-state index contributed by atoms with van der Waals surface area (Å²) in [5, 5.41) is 8.44.